The quantitative estimate of drug-likeness (QED) is 0.620. The maximum atomic E-state index is 13.5. The maximum Gasteiger partial charge on any atom is 0.322 e. The van der Waals surface area contributed by atoms with E-state index in [9.17, 15) is 15.2 Å². The first-order chi connectivity index (χ1) is 17.0. The van der Waals surface area contributed by atoms with E-state index in [4.69, 9.17) is 0 Å². The number of aliphatic hydroxyl groups is 1. The van der Waals surface area contributed by atoms with Crippen LogP contribution in [0.1, 0.15) is 55.7 Å². The molecule has 5 rings (SSSR count). The molecule has 3 fully saturated rings. The number of fused-ring (bicyclic) bond motifs is 1. The predicted molar refractivity (Wildman–Crippen MR) is 137 cm³/mol. The van der Waals surface area contributed by atoms with Crippen LogP contribution in [0.3, 0.4) is 0 Å². The van der Waals surface area contributed by atoms with Crippen molar-refractivity contribution >= 4 is 11.7 Å². The Morgan fingerprint density at radius 3 is 2.86 bits per heavy atom. The van der Waals surface area contributed by atoms with Crippen molar-refractivity contribution in [3.8, 4) is 6.07 Å². The summed E-state index contributed by atoms with van der Waals surface area (Å²) in [6.45, 7) is 5.16. The van der Waals surface area contributed by atoms with E-state index < -0.39 is 0 Å². The van der Waals surface area contributed by atoms with Crippen molar-refractivity contribution in [2.45, 2.75) is 63.0 Å². The molecule has 2 amide bonds. The van der Waals surface area contributed by atoms with Crippen LogP contribution in [0.25, 0.3) is 0 Å². The van der Waals surface area contributed by atoms with E-state index in [0.717, 1.165) is 62.9 Å². The van der Waals surface area contributed by atoms with Crippen LogP contribution in [0.4, 0.5) is 10.5 Å². The number of nitriles is 1. The van der Waals surface area contributed by atoms with Gasteiger partial charge in [-0.1, -0.05) is 31.2 Å². The number of carbonyl (C=O) groups excluding carboxylic acids is 1. The van der Waals surface area contributed by atoms with Crippen LogP contribution in [0.2, 0.25) is 0 Å². The van der Waals surface area contributed by atoms with E-state index in [-0.39, 0.29) is 23.6 Å². The second kappa shape index (κ2) is 10.0. The van der Waals surface area contributed by atoms with Gasteiger partial charge in [0.2, 0.25) is 0 Å². The third-order valence-electron chi connectivity index (χ3n) is 8.47. The molecule has 6 heteroatoms. The van der Waals surface area contributed by atoms with Gasteiger partial charge >= 0.3 is 6.03 Å². The van der Waals surface area contributed by atoms with Crippen molar-refractivity contribution in [2.24, 2.45) is 5.92 Å². The number of likely N-dealkylation sites (tertiary alicyclic amines) is 1. The molecule has 2 N–H and O–H groups in total. The summed E-state index contributed by atoms with van der Waals surface area (Å²) in [4.78, 5) is 17.9. The number of hydrogen-bond acceptors (Lipinski definition) is 4. The lowest BCUT2D eigenvalue weighted by molar-refractivity contribution is 0.142. The summed E-state index contributed by atoms with van der Waals surface area (Å²) in [6.07, 6.45) is 5.66. The van der Waals surface area contributed by atoms with Gasteiger partial charge < -0.3 is 15.3 Å². The second-order valence-corrected chi connectivity index (χ2v) is 10.6. The van der Waals surface area contributed by atoms with E-state index in [2.05, 4.69) is 52.4 Å². The van der Waals surface area contributed by atoms with Crippen molar-refractivity contribution < 1.29 is 9.90 Å². The van der Waals surface area contributed by atoms with Crippen LogP contribution in [0, 0.1) is 17.2 Å². The first-order valence-electron chi connectivity index (χ1n) is 13.1. The Kier molecular flexibility index (Phi) is 6.82. The number of carbonyl (C=O) groups is 1. The molecule has 4 atom stereocenters. The summed E-state index contributed by atoms with van der Waals surface area (Å²) in [5.74, 6) is 0.558. The lowest BCUT2D eigenvalue weighted by Gasteiger charge is -2.37. The Balaban J connectivity index is 1.29. The molecule has 2 aromatic rings. The van der Waals surface area contributed by atoms with Crippen molar-refractivity contribution in [3.05, 3.63) is 65.2 Å². The van der Waals surface area contributed by atoms with Crippen molar-refractivity contribution in [2.75, 3.05) is 31.5 Å². The van der Waals surface area contributed by atoms with Crippen LogP contribution in [0.15, 0.2) is 48.5 Å². The zero-order chi connectivity index (χ0) is 24.4. The third-order valence-corrected chi connectivity index (χ3v) is 8.47. The highest BCUT2D eigenvalue weighted by Gasteiger charge is 2.58. The van der Waals surface area contributed by atoms with E-state index in [1.54, 1.807) is 0 Å². The Morgan fingerprint density at radius 1 is 1.26 bits per heavy atom. The molecule has 0 radical (unpaired) electrons. The number of aryl methyl sites for hydroxylation is 1. The number of anilines is 1. The number of nitrogens with zero attached hydrogens (tertiary/aromatic N) is 3. The van der Waals surface area contributed by atoms with Gasteiger partial charge in [0, 0.05) is 37.9 Å². The zero-order valence-electron chi connectivity index (χ0n) is 20.6. The van der Waals surface area contributed by atoms with Gasteiger partial charge in [-0.15, -0.1) is 0 Å². The standard InChI is InChI=1S/C29H36N4O2/c1-2-21-5-4-8-25(16-21)31-28(35)33(14-13-32-12-10-27(34)20-32)26-9-11-29(18-24(29)17-26)23-7-3-6-22(15-23)19-30/h3-8,15-16,24,26-27,34H,2,9-14,17-18,20H2,1H3,(H,31,35)/t24?,26?,27-,29-/m1/s1. The summed E-state index contributed by atoms with van der Waals surface area (Å²) in [7, 11) is 0. The molecule has 2 saturated carbocycles. The number of benzene rings is 2. The summed E-state index contributed by atoms with van der Waals surface area (Å²) in [5.41, 5.74) is 4.26. The molecule has 2 aliphatic carbocycles. The normalized spacial score (nSPS) is 27.6. The summed E-state index contributed by atoms with van der Waals surface area (Å²) < 4.78 is 0. The van der Waals surface area contributed by atoms with E-state index in [1.807, 2.05) is 24.3 Å². The van der Waals surface area contributed by atoms with Gasteiger partial charge in [0.1, 0.15) is 0 Å². The largest absolute Gasteiger partial charge is 0.392 e. The molecule has 3 aliphatic rings. The Labute approximate surface area is 208 Å². The number of aliphatic hydroxyl groups excluding tert-OH is 1. The minimum absolute atomic E-state index is 0.0253. The topological polar surface area (TPSA) is 79.6 Å². The predicted octanol–water partition coefficient (Wildman–Crippen LogP) is 4.53. The summed E-state index contributed by atoms with van der Waals surface area (Å²) in [6, 6.07) is 18.7. The lowest BCUT2D eigenvalue weighted by atomic mass is 9.80. The van der Waals surface area contributed by atoms with Gasteiger partial charge in [-0.2, -0.15) is 5.26 Å². The van der Waals surface area contributed by atoms with Gasteiger partial charge in [-0.25, -0.2) is 4.79 Å². The summed E-state index contributed by atoms with van der Waals surface area (Å²) in [5, 5.41) is 22.4. The van der Waals surface area contributed by atoms with Crippen LogP contribution in [0.5, 0.6) is 0 Å². The number of nitrogens with one attached hydrogen (secondary N) is 1. The second-order valence-electron chi connectivity index (χ2n) is 10.6. The fraction of sp³-hybridized carbons (Fsp3) is 0.517. The fourth-order valence-corrected chi connectivity index (χ4v) is 6.32. The highest BCUT2D eigenvalue weighted by Crippen LogP contribution is 2.62. The summed E-state index contributed by atoms with van der Waals surface area (Å²) >= 11 is 0. The third kappa shape index (κ3) is 5.07. The number of hydrogen-bond donors (Lipinski definition) is 2. The molecular formula is C29H36N4O2. The molecule has 35 heavy (non-hydrogen) atoms. The Bertz CT molecular complexity index is 1110. The molecule has 2 unspecified atom stereocenters. The lowest BCUT2D eigenvalue weighted by Crippen LogP contribution is -2.48. The molecule has 184 valence electrons. The first-order valence-corrected chi connectivity index (χ1v) is 13.1. The molecule has 0 bridgehead atoms. The average Bonchev–Trinajstić information content (AvgIpc) is 3.49. The first kappa shape index (κ1) is 23.8. The molecule has 2 aromatic carbocycles. The molecule has 1 saturated heterocycles. The van der Waals surface area contributed by atoms with Crippen molar-refractivity contribution in [3.63, 3.8) is 0 Å². The SMILES string of the molecule is CCc1cccc(NC(=O)N(CCN2CC[C@@H](O)C2)C2CC[C@]3(c4cccc(C#N)c4)CC3C2)c1. The minimum Gasteiger partial charge on any atom is -0.392 e. The number of β-amino-alcohol motifs (C(OH)–C–C–N with tert-alkyl or cyclic N) is 1. The van der Waals surface area contributed by atoms with Gasteiger partial charge in [0.05, 0.1) is 17.7 Å². The molecule has 6 nitrogen and oxygen atoms in total. The van der Waals surface area contributed by atoms with Gasteiger partial charge in [-0.3, -0.25) is 4.90 Å². The maximum absolute atomic E-state index is 13.5. The Hall–Kier alpha value is -2.88. The van der Waals surface area contributed by atoms with E-state index >= 15 is 0 Å². The Morgan fingerprint density at radius 2 is 2.11 bits per heavy atom. The van der Waals surface area contributed by atoms with Crippen LogP contribution in [-0.2, 0) is 11.8 Å². The zero-order valence-corrected chi connectivity index (χ0v) is 20.6. The van der Waals surface area contributed by atoms with E-state index in [1.165, 1.54) is 11.1 Å². The van der Waals surface area contributed by atoms with Gasteiger partial charge in [0.25, 0.3) is 0 Å². The number of amides is 2. The van der Waals surface area contributed by atoms with E-state index in [0.29, 0.717) is 19.0 Å². The van der Waals surface area contributed by atoms with Crippen LogP contribution >= 0.6 is 0 Å². The van der Waals surface area contributed by atoms with Crippen molar-refractivity contribution in [1.82, 2.24) is 9.80 Å². The van der Waals surface area contributed by atoms with Gasteiger partial charge in [0.15, 0.2) is 0 Å². The van der Waals surface area contributed by atoms with Crippen LogP contribution < -0.4 is 5.32 Å². The molecule has 0 spiro atoms. The molecular weight excluding hydrogens is 436 g/mol. The fourth-order valence-electron chi connectivity index (χ4n) is 6.32. The average molecular weight is 473 g/mol. The smallest absolute Gasteiger partial charge is 0.322 e. The highest BCUT2D eigenvalue weighted by molar-refractivity contribution is 5.89. The molecule has 1 heterocycles. The minimum atomic E-state index is -0.250. The molecule has 1 aliphatic heterocycles. The monoisotopic (exact) mass is 472 g/mol. The highest BCUT2D eigenvalue weighted by atomic mass is 16.3. The molecule has 0 aromatic heterocycles. The van der Waals surface area contributed by atoms with Crippen molar-refractivity contribution in [1.29, 1.82) is 5.26 Å². The van der Waals surface area contributed by atoms with Crippen LogP contribution in [-0.4, -0.2) is 59.3 Å². The van der Waals surface area contributed by atoms with Gasteiger partial charge in [-0.05, 0) is 85.3 Å². The number of rotatable bonds is 7. The number of urea groups is 1.